The molecule has 4 rings (SSSR count). The number of alkyl halides is 5. The maximum atomic E-state index is 14.4. The van der Waals surface area contributed by atoms with E-state index in [1.54, 1.807) is 0 Å². The first kappa shape index (κ1) is 24.9. The van der Waals surface area contributed by atoms with Crippen molar-refractivity contribution < 1.29 is 41.3 Å². The molecule has 0 amide bonds. The minimum absolute atomic E-state index is 0.00357. The van der Waals surface area contributed by atoms with E-state index in [4.69, 9.17) is 21.1 Å². The van der Waals surface area contributed by atoms with Crippen LogP contribution in [0, 0.1) is 0 Å². The Bertz CT molecular complexity index is 1290. The summed E-state index contributed by atoms with van der Waals surface area (Å²) in [5.74, 6) is -5.92. The number of benzene rings is 2. The Morgan fingerprint density at radius 2 is 1.89 bits per heavy atom. The highest BCUT2D eigenvalue weighted by molar-refractivity contribution is 6.32. The van der Waals surface area contributed by atoms with E-state index in [9.17, 15) is 31.9 Å². The fourth-order valence-electron chi connectivity index (χ4n) is 3.90. The van der Waals surface area contributed by atoms with E-state index >= 15 is 0 Å². The second kappa shape index (κ2) is 8.76. The van der Waals surface area contributed by atoms with Crippen molar-refractivity contribution in [3.63, 3.8) is 0 Å². The van der Waals surface area contributed by atoms with Gasteiger partial charge < -0.3 is 14.6 Å². The van der Waals surface area contributed by atoms with Gasteiger partial charge in [-0.25, -0.2) is 0 Å². The maximum Gasteiger partial charge on any atom is 0.416 e. The molecule has 2 heterocycles. The Kier molecular flexibility index (Phi) is 6.22. The molecule has 1 aliphatic heterocycles. The minimum Gasteiger partial charge on any atom is -0.495 e. The fourth-order valence-corrected chi connectivity index (χ4v) is 4.20. The van der Waals surface area contributed by atoms with Gasteiger partial charge in [0.05, 0.1) is 29.8 Å². The number of ether oxygens (including phenoxy) is 2. The number of carboxylic acids is 1. The molecule has 0 unspecified atom stereocenters. The van der Waals surface area contributed by atoms with Crippen molar-refractivity contribution in [2.75, 3.05) is 7.11 Å². The molecule has 0 fully saturated rings. The molecule has 13 heteroatoms. The van der Waals surface area contributed by atoms with Crippen molar-refractivity contribution in [3.8, 4) is 11.4 Å². The zero-order valence-corrected chi connectivity index (χ0v) is 18.9. The molecule has 186 valence electrons. The predicted octanol–water partition coefficient (Wildman–Crippen LogP) is 5.70. The molecule has 2 aromatic carbocycles. The molecule has 0 saturated carbocycles. The number of nitrogens with zero attached hydrogens (tertiary/aromatic N) is 3. The molecule has 0 radical (unpaired) electrons. The van der Waals surface area contributed by atoms with E-state index in [2.05, 4.69) is 10.2 Å². The van der Waals surface area contributed by atoms with Gasteiger partial charge in [-0.1, -0.05) is 23.7 Å². The Morgan fingerprint density at radius 1 is 1.17 bits per heavy atom. The number of methoxy groups -OCH3 is 1. The Morgan fingerprint density at radius 3 is 2.49 bits per heavy atom. The molecular formula is C22H17ClF5N3O4. The summed E-state index contributed by atoms with van der Waals surface area (Å²) in [4.78, 5) is 11.6. The number of hydrogen-bond acceptors (Lipinski definition) is 5. The molecule has 0 saturated heterocycles. The van der Waals surface area contributed by atoms with Crippen LogP contribution in [0.15, 0.2) is 36.4 Å². The summed E-state index contributed by atoms with van der Waals surface area (Å²) in [7, 11) is 1.33. The van der Waals surface area contributed by atoms with E-state index in [-0.39, 0.29) is 33.4 Å². The average Bonchev–Trinajstić information content (AvgIpc) is 3.17. The SMILES string of the molecule is COc1cccc([C@H]2O[C@H](CC(=O)O)c3nnc(C(C)(F)F)n3-c3ccc(C(F)(F)F)cc32)c1Cl. The molecule has 35 heavy (non-hydrogen) atoms. The van der Waals surface area contributed by atoms with Crippen molar-refractivity contribution in [2.24, 2.45) is 0 Å². The van der Waals surface area contributed by atoms with Crippen LogP contribution in [0.2, 0.25) is 5.02 Å². The first-order valence-corrected chi connectivity index (χ1v) is 10.5. The molecule has 1 aliphatic rings. The van der Waals surface area contributed by atoms with E-state index in [1.165, 1.54) is 25.3 Å². The molecular weight excluding hydrogens is 501 g/mol. The predicted molar refractivity (Wildman–Crippen MR) is 112 cm³/mol. The molecule has 7 nitrogen and oxygen atoms in total. The van der Waals surface area contributed by atoms with Crippen LogP contribution in [0.5, 0.6) is 5.75 Å². The number of carbonyl (C=O) groups is 1. The van der Waals surface area contributed by atoms with Crippen molar-refractivity contribution in [3.05, 3.63) is 69.8 Å². The summed E-state index contributed by atoms with van der Waals surface area (Å²) in [5.41, 5.74) is -1.24. The van der Waals surface area contributed by atoms with Crippen LogP contribution in [0.4, 0.5) is 22.0 Å². The molecule has 3 aromatic rings. The molecule has 2 atom stereocenters. The quantitative estimate of drug-likeness (QED) is 0.437. The number of fused-ring (bicyclic) bond motifs is 3. The first-order valence-electron chi connectivity index (χ1n) is 10.1. The van der Waals surface area contributed by atoms with Crippen molar-refractivity contribution in [1.82, 2.24) is 14.8 Å². The van der Waals surface area contributed by atoms with Crippen LogP contribution in [0.3, 0.4) is 0 Å². The van der Waals surface area contributed by atoms with Gasteiger partial charge in [0.1, 0.15) is 18.0 Å². The summed E-state index contributed by atoms with van der Waals surface area (Å²) in [6.45, 7) is 0.544. The summed E-state index contributed by atoms with van der Waals surface area (Å²) < 4.78 is 81.8. The van der Waals surface area contributed by atoms with E-state index in [0.717, 1.165) is 22.8 Å². The maximum absolute atomic E-state index is 14.4. The van der Waals surface area contributed by atoms with Gasteiger partial charge in [-0.15, -0.1) is 10.2 Å². The molecule has 0 bridgehead atoms. The van der Waals surface area contributed by atoms with Gasteiger partial charge in [-0.3, -0.25) is 9.36 Å². The van der Waals surface area contributed by atoms with Crippen molar-refractivity contribution in [1.29, 1.82) is 0 Å². The van der Waals surface area contributed by atoms with E-state index < -0.39 is 48.1 Å². The number of aromatic nitrogens is 3. The highest BCUT2D eigenvalue weighted by Crippen LogP contribution is 2.47. The second-order valence-corrected chi connectivity index (χ2v) is 8.22. The van der Waals surface area contributed by atoms with E-state index in [1.807, 2.05) is 0 Å². The molecule has 0 aliphatic carbocycles. The van der Waals surface area contributed by atoms with Gasteiger partial charge in [0.25, 0.3) is 0 Å². The number of aliphatic carboxylic acids is 1. The Labute approximate surface area is 200 Å². The van der Waals surface area contributed by atoms with Crippen molar-refractivity contribution >= 4 is 17.6 Å². The third-order valence-corrected chi connectivity index (χ3v) is 5.81. The van der Waals surface area contributed by atoms with Gasteiger partial charge in [0, 0.05) is 18.1 Å². The topological polar surface area (TPSA) is 86.5 Å². The lowest BCUT2D eigenvalue weighted by molar-refractivity contribution is -0.141. The minimum atomic E-state index is -4.77. The van der Waals surface area contributed by atoms with Gasteiger partial charge in [-0.05, 0) is 24.3 Å². The third kappa shape index (κ3) is 4.55. The van der Waals surface area contributed by atoms with Crippen LogP contribution in [0.25, 0.3) is 5.69 Å². The summed E-state index contributed by atoms with van der Waals surface area (Å²) >= 11 is 6.44. The number of rotatable bonds is 5. The summed E-state index contributed by atoms with van der Waals surface area (Å²) in [5, 5.41) is 16.7. The highest BCUT2D eigenvalue weighted by Gasteiger charge is 2.42. The van der Waals surface area contributed by atoms with Crippen LogP contribution in [-0.2, 0) is 21.6 Å². The summed E-state index contributed by atoms with van der Waals surface area (Å²) in [6.07, 6.45) is -8.34. The van der Waals surface area contributed by atoms with Crippen LogP contribution < -0.4 is 4.74 Å². The zero-order chi connectivity index (χ0) is 25.7. The average molecular weight is 518 g/mol. The number of halogens is 6. The highest BCUT2D eigenvalue weighted by atomic mass is 35.5. The molecule has 0 spiro atoms. The van der Waals surface area contributed by atoms with Crippen molar-refractivity contribution in [2.45, 2.75) is 37.7 Å². The number of hydrogen-bond donors (Lipinski definition) is 1. The van der Waals surface area contributed by atoms with Crippen LogP contribution in [-0.4, -0.2) is 33.0 Å². The van der Waals surface area contributed by atoms with Gasteiger partial charge in [0.15, 0.2) is 5.82 Å². The largest absolute Gasteiger partial charge is 0.495 e. The fraction of sp³-hybridized carbons (Fsp3) is 0.318. The lowest BCUT2D eigenvalue weighted by atomic mass is 9.96. The smallest absolute Gasteiger partial charge is 0.416 e. The van der Waals surface area contributed by atoms with Gasteiger partial charge >= 0.3 is 18.1 Å². The van der Waals surface area contributed by atoms with Gasteiger partial charge in [0.2, 0.25) is 5.82 Å². The lowest BCUT2D eigenvalue weighted by Gasteiger charge is -2.24. The first-order chi connectivity index (χ1) is 16.3. The Balaban J connectivity index is 2.07. The molecule has 1 aromatic heterocycles. The van der Waals surface area contributed by atoms with E-state index in [0.29, 0.717) is 6.92 Å². The lowest BCUT2D eigenvalue weighted by Crippen LogP contribution is -2.18. The standard InChI is InChI=1S/C22H17ClF5N3O4/c1-21(24,25)20-30-29-19-15(9-16(32)33)35-18(11-4-3-5-14(34-2)17(11)23)12-8-10(22(26,27)28)6-7-13(12)31(19)20/h3-8,15,18H,9H2,1-2H3,(H,32,33)/t15-,18-/m1/s1. The van der Waals surface area contributed by atoms with Crippen LogP contribution in [0.1, 0.15) is 53.9 Å². The van der Waals surface area contributed by atoms with Crippen LogP contribution >= 0.6 is 11.6 Å². The normalized spacial score (nSPS) is 17.9. The summed E-state index contributed by atoms with van der Waals surface area (Å²) in [6, 6.07) is 6.95. The third-order valence-electron chi connectivity index (χ3n) is 5.40. The Hall–Kier alpha value is -3.25. The number of carboxylic acid groups (broad SMARTS) is 1. The molecule has 1 N–H and O–H groups in total. The monoisotopic (exact) mass is 517 g/mol. The second-order valence-electron chi connectivity index (χ2n) is 7.84. The zero-order valence-electron chi connectivity index (χ0n) is 18.1. The van der Waals surface area contributed by atoms with Gasteiger partial charge in [-0.2, -0.15) is 22.0 Å².